The quantitative estimate of drug-likeness (QED) is 0.776. The third-order valence-electron chi connectivity index (χ3n) is 4.79. The number of piperazine rings is 1. The van der Waals surface area contributed by atoms with Gasteiger partial charge < -0.3 is 15.4 Å². The highest BCUT2D eigenvalue weighted by Gasteiger charge is 2.37. The van der Waals surface area contributed by atoms with Crippen molar-refractivity contribution in [3.8, 4) is 0 Å². The minimum atomic E-state index is -0.233. The zero-order valence-electron chi connectivity index (χ0n) is 11.6. The van der Waals surface area contributed by atoms with Crippen molar-refractivity contribution < 1.29 is 9.53 Å². The van der Waals surface area contributed by atoms with Gasteiger partial charge in [-0.2, -0.15) is 0 Å². The first-order valence-electron chi connectivity index (χ1n) is 7.66. The number of rotatable bonds is 2. The molecule has 1 amide bonds. The number of piperidine rings is 1. The summed E-state index contributed by atoms with van der Waals surface area (Å²) < 4.78 is 5.73. The van der Waals surface area contributed by atoms with Crippen molar-refractivity contribution in [2.24, 2.45) is 5.73 Å². The van der Waals surface area contributed by atoms with E-state index >= 15 is 0 Å². The Labute approximate surface area is 115 Å². The second-order valence-corrected chi connectivity index (χ2v) is 6.03. The van der Waals surface area contributed by atoms with E-state index in [4.69, 9.17) is 10.5 Å². The van der Waals surface area contributed by atoms with Gasteiger partial charge in [-0.25, -0.2) is 0 Å². The molecule has 2 N–H and O–H groups in total. The molecule has 0 spiro atoms. The zero-order valence-corrected chi connectivity index (χ0v) is 11.6. The van der Waals surface area contributed by atoms with Gasteiger partial charge in [0, 0.05) is 32.2 Å². The summed E-state index contributed by atoms with van der Waals surface area (Å²) in [6.45, 7) is 4.53. The molecule has 3 saturated heterocycles. The minimum absolute atomic E-state index is 0.0879. The van der Waals surface area contributed by atoms with Crippen LogP contribution in [-0.2, 0) is 9.53 Å². The summed E-state index contributed by atoms with van der Waals surface area (Å²) in [6.07, 6.45) is 5.48. The smallest absolute Gasteiger partial charge is 0.251 e. The van der Waals surface area contributed by atoms with Crippen LogP contribution in [0.4, 0.5) is 0 Å². The first-order valence-corrected chi connectivity index (χ1v) is 7.66. The molecule has 3 aliphatic heterocycles. The molecule has 0 saturated carbocycles. The molecule has 3 aliphatic rings. The van der Waals surface area contributed by atoms with Gasteiger partial charge in [0.25, 0.3) is 5.91 Å². The Morgan fingerprint density at radius 3 is 2.84 bits per heavy atom. The average molecular weight is 267 g/mol. The fourth-order valence-corrected chi connectivity index (χ4v) is 3.62. The molecule has 0 radical (unpaired) electrons. The number of ether oxygens (including phenoxy) is 1. The van der Waals surface area contributed by atoms with E-state index in [0.717, 1.165) is 32.5 Å². The molecule has 0 aromatic carbocycles. The summed E-state index contributed by atoms with van der Waals surface area (Å²) >= 11 is 0. The topological polar surface area (TPSA) is 58.8 Å². The van der Waals surface area contributed by atoms with Gasteiger partial charge in [0.1, 0.15) is 6.10 Å². The number of nitrogens with two attached hydrogens (primary N) is 1. The fourth-order valence-electron chi connectivity index (χ4n) is 3.62. The van der Waals surface area contributed by atoms with Crippen LogP contribution in [0.5, 0.6) is 0 Å². The summed E-state index contributed by atoms with van der Waals surface area (Å²) in [5.41, 5.74) is 5.61. The molecule has 3 fully saturated rings. The zero-order chi connectivity index (χ0) is 13.2. The van der Waals surface area contributed by atoms with Gasteiger partial charge in [-0.05, 0) is 32.2 Å². The Kier molecular flexibility index (Phi) is 4.05. The lowest BCUT2D eigenvalue weighted by molar-refractivity contribution is -0.146. The highest BCUT2D eigenvalue weighted by atomic mass is 16.5. The van der Waals surface area contributed by atoms with Crippen molar-refractivity contribution in [3.05, 3.63) is 0 Å². The largest absolute Gasteiger partial charge is 0.364 e. The van der Waals surface area contributed by atoms with E-state index in [1.54, 1.807) is 0 Å². The van der Waals surface area contributed by atoms with E-state index in [-0.39, 0.29) is 18.1 Å². The van der Waals surface area contributed by atoms with Gasteiger partial charge in [0.2, 0.25) is 0 Å². The van der Waals surface area contributed by atoms with Gasteiger partial charge in [0.15, 0.2) is 0 Å². The summed E-state index contributed by atoms with van der Waals surface area (Å²) in [7, 11) is 0. The van der Waals surface area contributed by atoms with Gasteiger partial charge in [-0.3, -0.25) is 9.69 Å². The van der Waals surface area contributed by atoms with E-state index in [1.807, 2.05) is 4.90 Å². The van der Waals surface area contributed by atoms with Crippen molar-refractivity contribution >= 4 is 5.91 Å². The second kappa shape index (κ2) is 5.77. The van der Waals surface area contributed by atoms with Crippen LogP contribution in [0.3, 0.4) is 0 Å². The molecule has 19 heavy (non-hydrogen) atoms. The van der Waals surface area contributed by atoms with Crippen molar-refractivity contribution in [2.45, 2.75) is 50.4 Å². The predicted octanol–water partition coefficient (Wildman–Crippen LogP) is 0.189. The van der Waals surface area contributed by atoms with E-state index in [1.165, 1.54) is 25.8 Å². The van der Waals surface area contributed by atoms with E-state index in [2.05, 4.69) is 4.90 Å². The maximum absolute atomic E-state index is 12.5. The molecule has 0 aliphatic carbocycles. The summed E-state index contributed by atoms with van der Waals surface area (Å²) in [4.78, 5) is 17.0. The molecule has 3 rings (SSSR count). The number of hydrogen-bond acceptors (Lipinski definition) is 4. The van der Waals surface area contributed by atoms with Crippen LogP contribution in [0.2, 0.25) is 0 Å². The standard InChI is InChI=1S/C14H25N3O2/c15-9-12-4-5-13(19-12)14(18)17-8-7-16-6-2-1-3-11(16)10-17/h11-13H,1-10,15H2. The molecule has 3 unspecified atom stereocenters. The Morgan fingerprint density at radius 1 is 1.16 bits per heavy atom. The SMILES string of the molecule is NCC1CCC(C(=O)N2CCN3CCCCC3C2)O1. The second-order valence-electron chi connectivity index (χ2n) is 6.03. The molecule has 0 bridgehead atoms. The van der Waals surface area contributed by atoms with Gasteiger partial charge in [0.05, 0.1) is 6.10 Å². The fraction of sp³-hybridized carbons (Fsp3) is 0.929. The van der Waals surface area contributed by atoms with Crippen LogP contribution >= 0.6 is 0 Å². The van der Waals surface area contributed by atoms with E-state index in [0.29, 0.717) is 12.6 Å². The third-order valence-corrected chi connectivity index (χ3v) is 4.79. The number of amides is 1. The Bertz CT molecular complexity index is 337. The summed E-state index contributed by atoms with van der Waals surface area (Å²) in [5, 5.41) is 0. The normalized spacial score (nSPS) is 36.3. The van der Waals surface area contributed by atoms with Crippen molar-refractivity contribution in [1.82, 2.24) is 9.80 Å². The van der Waals surface area contributed by atoms with Gasteiger partial charge >= 0.3 is 0 Å². The highest BCUT2D eigenvalue weighted by molar-refractivity contribution is 5.81. The average Bonchev–Trinajstić information content (AvgIpc) is 2.95. The van der Waals surface area contributed by atoms with Crippen LogP contribution in [0.15, 0.2) is 0 Å². The summed E-state index contributed by atoms with van der Waals surface area (Å²) in [5.74, 6) is 0.196. The number of carbonyl (C=O) groups is 1. The molecular weight excluding hydrogens is 242 g/mol. The first-order chi connectivity index (χ1) is 9.28. The maximum atomic E-state index is 12.5. The number of nitrogens with zero attached hydrogens (tertiary/aromatic N) is 2. The molecule has 3 atom stereocenters. The molecular formula is C14H25N3O2. The third kappa shape index (κ3) is 2.78. The molecule has 0 aromatic rings. The monoisotopic (exact) mass is 267 g/mol. The number of fused-ring (bicyclic) bond motifs is 1. The lowest BCUT2D eigenvalue weighted by Crippen LogP contribution is -2.57. The van der Waals surface area contributed by atoms with E-state index in [9.17, 15) is 4.79 Å². The summed E-state index contributed by atoms with van der Waals surface area (Å²) in [6, 6.07) is 0.582. The molecule has 0 aromatic heterocycles. The lowest BCUT2D eigenvalue weighted by atomic mass is 9.99. The number of hydrogen-bond donors (Lipinski definition) is 1. The maximum Gasteiger partial charge on any atom is 0.251 e. The van der Waals surface area contributed by atoms with Gasteiger partial charge in [-0.15, -0.1) is 0 Å². The van der Waals surface area contributed by atoms with Crippen LogP contribution in [0, 0.1) is 0 Å². The first kappa shape index (κ1) is 13.3. The van der Waals surface area contributed by atoms with E-state index < -0.39 is 0 Å². The van der Waals surface area contributed by atoms with Crippen LogP contribution in [0.1, 0.15) is 32.1 Å². The molecule has 3 heterocycles. The van der Waals surface area contributed by atoms with Crippen LogP contribution < -0.4 is 5.73 Å². The van der Waals surface area contributed by atoms with Gasteiger partial charge in [-0.1, -0.05) is 6.42 Å². The van der Waals surface area contributed by atoms with Crippen molar-refractivity contribution in [2.75, 3.05) is 32.7 Å². The number of carbonyl (C=O) groups excluding carboxylic acids is 1. The predicted molar refractivity (Wildman–Crippen MR) is 72.7 cm³/mol. The van der Waals surface area contributed by atoms with Crippen molar-refractivity contribution in [3.63, 3.8) is 0 Å². The highest BCUT2D eigenvalue weighted by Crippen LogP contribution is 2.25. The van der Waals surface area contributed by atoms with Crippen LogP contribution in [0.25, 0.3) is 0 Å². The Hall–Kier alpha value is -0.650. The Morgan fingerprint density at radius 2 is 2.05 bits per heavy atom. The lowest BCUT2D eigenvalue weighted by Gasteiger charge is -2.44. The Balaban J connectivity index is 1.56. The minimum Gasteiger partial charge on any atom is -0.364 e. The molecule has 5 nitrogen and oxygen atoms in total. The van der Waals surface area contributed by atoms with Crippen molar-refractivity contribution in [1.29, 1.82) is 0 Å². The molecule has 5 heteroatoms. The molecule has 108 valence electrons. The van der Waals surface area contributed by atoms with Crippen LogP contribution in [-0.4, -0.2) is 66.7 Å².